The van der Waals surface area contributed by atoms with Crippen molar-refractivity contribution in [2.75, 3.05) is 14.2 Å². The van der Waals surface area contributed by atoms with Crippen molar-refractivity contribution in [3.8, 4) is 34.1 Å². The number of rotatable bonds is 5. The van der Waals surface area contributed by atoms with Gasteiger partial charge in [-0.25, -0.2) is 0 Å². The summed E-state index contributed by atoms with van der Waals surface area (Å²) in [5, 5.41) is 14.9. The van der Waals surface area contributed by atoms with Crippen LogP contribution in [0.15, 0.2) is 40.9 Å². The summed E-state index contributed by atoms with van der Waals surface area (Å²) in [6.07, 6.45) is 0. The van der Waals surface area contributed by atoms with E-state index in [4.69, 9.17) is 37.2 Å². The molecule has 0 amide bonds. The Labute approximate surface area is 154 Å². The maximum absolute atomic E-state index is 9.85. The van der Waals surface area contributed by atoms with Gasteiger partial charge >= 0.3 is 0 Å². The zero-order valence-electron chi connectivity index (χ0n) is 13.5. The lowest BCUT2D eigenvalue weighted by molar-refractivity contribution is 0.281. The van der Waals surface area contributed by atoms with Gasteiger partial charge in [-0.1, -0.05) is 28.4 Å². The minimum Gasteiger partial charge on any atom is -0.493 e. The van der Waals surface area contributed by atoms with Gasteiger partial charge in [0.05, 0.1) is 26.4 Å². The van der Waals surface area contributed by atoms with Gasteiger partial charge < -0.3 is 19.1 Å². The predicted octanol–water partition coefficient (Wildman–Crippen LogP) is 4.82. The number of methoxy groups -OCH3 is 2. The van der Waals surface area contributed by atoms with Crippen molar-refractivity contribution in [1.82, 2.24) is 5.16 Å². The van der Waals surface area contributed by atoms with E-state index in [1.165, 1.54) is 0 Å². The first-order valence-corrected chi connectivity index (χ1v) is 8.11. The first-order valence-electron chi connectivity index (χ1n) is 7.35. The SMILES string of the molecule is COc1ccc(-c2onc(-c3cc(Cl)cc(Cl)c3)c2CO)cc1OC. The first kappa shape index (κ1) is 17.6. The smallest absolute Gasteiger partial charge is 0.173 e. The maximum atomic E-state index is 9.85. The first-order chi connectivity index (χ1) is 12.1. The van der Waals surface area contributed by atoms with Gasteiger partial charge in [0.15, 0.2) is 17.3 Å². The minimum atomic E-state index is -0.257. The second-order valence-electron chi connectivity index (χ2n) is 5.22. The number of hydrogen-bond donors (Lipinski definition) is 1. The molecule has 130 valence electrons. The molecule has 7 heteroatoms. The molecule has 3 aromatic rings. The molecule has 1 aromatic heterocycles. The molecule has 0 aliphatic carbocycles. The molecule has 0 unspecified atom stereocenters. The van der Waals surface area contributed by atoms with Crippen LogP contribution in [-0.4, -0.2) is 24.5 Å². The molecular weight excluding hydrogens is 365 g/mol. The number of benzene rings is 2. The lowest BCUT2D eigenvalue weighted by atomic mass is 10.0. The van der Waals surface area contributed by atoms with E-state index in [1.54, 1.807) is 50.6 Å². The average molecular weight is 380 g/mol. The van der Waals surface area contributed by atoms with Crippen LogP contribution in [-0.2, 0) is 6.61 Å². The van der Waals surface area contributed by atoms with Crippen molar-refractivity contribution in [1.29, 1.82) is 0 Å². The third kappa shape index (κ3) is 3.44. The number of nitrogens with zero attached hydrogens (tertiary/aromatic N) is 1. The van der Waals surface area contributed by atoms with Gasteiger partial charge in [0.1, 0.15) is 5.69 Å². The predicted molar refractivity (Wildman–Crippen MR) is 96.4 cm³/mol. The molecule has 2 aromatic carbocycles. The standard InChI is InChI=1S/C18H15Cl2NO4/c1-23-15-4-3-10(7-16(15)24-2)18-14(9-22)17(21-25-18)11-5-12(19)8-13(20)6-11/h3-8,22H,9H2,1-2H3. The highest BCUT2D eigenvalue weighted by Gasteiger charge is 2.20. The van der Waals surface area contributed by atoms with Crippen LogP contribution < -0.4 is 9.47 Å². The molecule has 0 aliphatic rings. The molecule has 1 N–H and O–H groups in total. The fourth-order valence-corrected chi connectivity index (χ4v) is 3.10. The second-order valence-corrected chi connectivity index (χ2v) is 6.10. The average Bonchev–Trinajstić information content (AvgIpc) is 3.04. The van der Waals surface area contributed by atoms with E-state index >= 15 is 0 Å². The highest BCUT2D eigenvalue weighted by molar-refractivity contribution is 6.35. The molecule has 0 bridgehead atoms. The molecule has 25 heavy (non-hydrogen) atoms. The Bertz CT molecular complexity index is 888. The molecule has 5 nitrogen and oxygen atoms in total. The minimum absolute atomic E-state index is 0.257. The summed E-state index contributed by atoms with van der Waals surface area (Å²) in [5.74, 6) is 1.58. The number of hydrogen-bond acceptors (Lipinski definition) is 5. The molecule has 1 heterocycles. The van der Waals surface area contributed by atoms with Crippen LogP contribution in [0.4, 0.5) is 0 Å². The van der Waals surface area contributed by atoms with Crippen molar-refractivity contribution in [2.45, 2.75) is 6.61 Å². The Hall–Kier alpha value is -2.21. The molecule has 0 radical (unpaired) electrons. The van der Waals surface area contributed by atoms with Crippen molar-refractivity contribution in [2.24, 2.45) is 0 Å². The third-order valence-electron chi connectivity index (χ3n) is 3.73. The molecule has 3 rings (SSSR count). The number of aliphatic hydroxyl groups is 1. The van der Waals surface area contributed by atoms with Crippen LogP contribution >= 0.6 is 23.2 Å². The monoisotopic (exact) mass is 379 g/mol. The van der Waals surface area contributed by atoms with Crippen molar-refractivity contribution >= 4 is 23.2 Å². The zero-order chi connectivity index (χ0) is 18.0. The summed E-state index contributed by atoms with van der Waals surface area (Å²) in [5.41, 5.74) is 2.38. The van der Waals surface area contributed by atoms with Gasteiger partial charge in [0.25, 0.3) is 0 Å². The number of ether oxygens (including phenoxy) is 2. The third-order valence-corrected chi connectivity index (χ3v) is 4.16. The van der Waals surface area contributed by atoms with E-state index < -0.39 is 0 Å². The number of aromatic nitrogens is 1. The van der Waals surface area contributed by atoms with Crippen LogP contribution in [0.5, 0.6) is 11.5 Å². The van der Waals surface area contributed by atoms with Gasteiger partial charge in [-0.3, -0.25) is 0 Å². The van der Waals surface area contributed by atoms with E-state index in [0.717, 1.165) is 0 Å². The fourth-order valence-electron chi connectivity index (χ4n) is 2.58. The summed E-state index contributed by atoms with van der Waals surface area (Å²) >= 11 is 12.1. The second kappa shape index (κ2) is 7.35. The number of halogens is 2. The molecule has 0 atom stereocenters. The van der Waals surface area contributed by atoms with Gasteiger partial charge in [0, 0.05) is 21.2 Å². The van der Waals surface area contributed by atoms with Crippen LogP contribution in [0.1, 0.15) is 5.56 Å². The van der Waals surface area contributed by atoms with Gasteiger partial charge in [-0.15, -0.1) is 0 Å². The quantitative estimate of drug-likeness (QED) is 0.687. The Balaban J connectivity index is 2.12. The van der Waals surface area contributed by atoms with Crippen LogP contribution in [0.2, 0.25) is 10.0 Å². The maximum Gasteiger partial charge on any atom is 0.173 e. The Morgan fingerprint density at radius 1 is 0.960 bits per heavy atom. The summed E-state index contributed by atoms with van der Waals surface area (Å²) in [6.45, 7) is -0.257. The molecule has 0 saturated heterocycles. The van der Waals surface area contributed by atoms with Gasteiger partial charge in [-0.2, -0.15) is 0 Å². The topological polar surface area (TPSA) is 64.7 Å². The van der Waals surface area contributed by atoms with E-state index in [0.29, 0.717) is 49.7 Å². The zero-order valence-corrected chi connectivity index (χ0v) is 15.1. The van der Waals surface area contributed by atoms with Gasteiger partial charge in [0.2, 0.25) is 0 Å². The van der Waals surface area contributed by atoms with Crippen molar-refractivity contribution in [3.05, 3.63) is 52.0 Å². The molecular formula is C18H15Cl2NO4. The fraction of sp³-hybridized carbons (Fsp3) is 0.167. The lowest BCUT2D eigenvalue weighted by Gasteiger charge is -2.09. The van der Waals surface area contributed by atoms with E-state index in [2.05, 4.69) is 5.16 Å². The summed E-state index contributed by atoms with van der Waals surface area (Å²) in [6, 6.07) is 10.4. The Morgan fingerprint density at radius 3 is 2.24 bits per heavy atom. The van der Waals surface area contributed by atoms with Crippen LogP contribution in [0.25, 0.3) is 22.6 Å². The van der Waals surface area contributed by atoms with E-state index in [9.17, 15) is 5.11 Å². The lowest BCUT2D eigenvalue weighted by Crippen LogP contribution is -1.92. The number of aliphatic hydroxyl groups excluding tert-OH is 1. The summed E-state index contributed by atoms with van der Waals surface area (Å²) < 4.78 is 16.0. The van der Waals surface area contributed by atoms with E-state index in [1.807, 2.05) is 0 Å². The van der Waals surface area contributed by atoms with Crippen molar-refractivity contribution < 1.29 is 19.1 Å². The molecule has 0 saturated carbocycles. The van der Waals surface area contributed by atoms with Gasteiger partial charge in [-0.05, 0) is 36.4 Å². The molecule has 0 aliphatic heterocycles. The van der Waals surface area contributed by atoms with Crippen molar-refractivity contribution in [3.63, 3.8) is 0 Å². The Morgan fingerprint density at radius 2 is 1.64 bits per heavy atom. The summed E-state index contributed by atoms with van der Waals surface area (Å²) in [4.78, 5) is 0. The van der Waals surface area contributed by atoms with Crippen LogP contribution in [0, 0.1) is 0 Å². The normalized spacial score (nSPS) is 10.8. The summed E-state index contributed by atoms with van der Waals surface area (Å²) in [7, 11) is 3.11. The molecule has 0 spiro atoms. The highest BCUT2D eigenvalue weighted by Crippen LogP contribution is 2.38. The van der Waals surface area contributed by atoms with E-state index in [-0.39, 0.29) is 6.61 Å². The largest absolute Gasteiger partial charge is 0.493 e. The molecule has 0 fully saturated rings. The Kier molecular flexibility index (Phi) is 5.18. The van der Waals surface area contributed by atoms with Crippen LogP contribution in [0.3, 0.4) is 0 Å². The highest BCUT2D eigenvalue weighted by atomic mass is 35.5.